The molecule has 0 unspecified atom stereocenters. The summed E-state index contributed by atoms with van der Waals surface area (Å²) in [5.74, 6) is 0.828. The van der Waals surface area contributed by atoms with Crippen molar-refractivity contribution >= 4 is 0 Å². The van der Waals surface area contributed by atoms with Crippen LogP contribution in [0.15, 0.2) is 30.9 Å². The number of piperidine rings is 1. The fourth-order valence-corrected chi connectivity index (χ4v) is 3.58. The highest BCUT2D eigenvalue weighted by Crippen LogP contribution is 2.20. The summed E-state index contributed by atoms with van der Waals surface area (Å²) in [6, 6.07) is 6.53. The van der Waals surface area contributed by atoms with Gasteiger partial charge in [-0.25, -0.2) is 4.98 Å². The van der Waals surface area contributed by atoms with Gasteiger partial charge in [-0.15, -0.1) is 0 Å². The summed E-state index contributed by atoms with van der Waals surface area (Å²) in [5.41, 5.74) is 2.35. The lowest BCUT2D eigenvalue weighted by molar-refractivity contribution is 0.0345. The number of hydrogen-bond acceptors (Lipinski definition) is 5. The van der Waals surface area contributed by atoms with E-state index in [0.717, 1.165) is 25.3 Å². The van der Waals surface area contributed by atoms with Gasteiger partial charge in [-0.1, -0.05) is 12.5 Å². The summed E-state index contributed by atoms with van der Waals surface area (Å²) in [6.45, 7) is 6.89. The summed E-state index contributed by atoms with van der Waals surface area (Å²) in [6.07, 6.45) is 6.36. The summed E-state index contributed by atoms with van der Waals surface area (Å²) in [5, 5.41) is 14.7. The van der Waals surface area contributed by atoms with E-state index in [-0.39, 0.29) is 0 Å². The van der Waals surface area contributed by atoms with Gasteiger partial charge >= 0.3 is 0 Å². The molecule has 1 aromatic carbocycles. The maximum absolute atomic E-state index is 10.4. The van der Waals surface area contributed by atoms with Gasteiger partial charge in [0.05, 0.1) is 6.54 Å². The van der Waals surface area contributed by atoms with Crippen LogP contribution in [0.2, 0.25) is 0 Å². The molecule has 0 amide bonds. The van der Waals surface area contributed by atoms with Crippen LogP contribution < -0.4 is 4.74 Å². The van der Waals surface area contributed by atoms with Gasteiger partial charge in [0.15, 0.2) is 0 Å². The van der Waals surface area contributed by atoms with Crippen LogP contribution in [0.25, 0.3) is 0 Å². The average molecular weight is 344 g/mol. The van der Waals surface area contributed by atoms with Crippen molar-refractivity contribution in [3.63, 3.8) is 0 Å². The second-order valence-electron chi connectivity index (χ2n) is 7.05. The predicted molar refractivity (Wildman–Crippen MR) is 96.7 cm³/mol. The number of aryl methyl sites for hydroxylation is 2. The Kier molecular flexibility index (Phi) is 6.04. The van der Waals surface area contributed by atoms with Crippen molar-refractivity contribution in [2.75, 3.05) is 19.7 Å². The van der Waals surface area contributed by atoms with E-state index < -0.39 is 6.10 Å². The predicted octanol–water partition coefficient (Wildman–Crippen LogP) is 2.19. The van der Waals surface area contributed by atoms with Gasteiger partial charge in [-0.3, -0.25) is 9.58 Å². The smallest absolute Gasteiger partial charge is 0.137 e. The summed E-state index contributed by atoms with van der Waals surface area (Å²) in [4.78, 5) is 6.38. The molecule has 2 atom stereocenters. The van der Waals surface area contributed by atoms with Crippen LogP contribution >= 0.6 is 0 Å². The van der Waals surface area contributed by atoms with Gasteiger partial charge in [0, 0.05) is 12.6 Å². The lowest BCUT2D eigenvalue weighted by atomic mass is 10.0. The average Bonchev–Trinajstić information content (AvgIpc) is 3.07. The molecule has 1 aliphatic rings. The van der Waals surface area contributed by atoms with Crippen molar-refractivity contribution in [1.82, 2.24) is 19.7 Å². The first-order valence-corrected chi connectivity index (χ1v) is 9.06. The maximum Gasteiger partial charge on any atom is 0.137 e. The molecule has 136 valence electrons. The Morgan fingerprint density at radius 2 is 2.04 bits per heavy atom. The number of aromatic nitrogens is 3. The van der Waals surface area contributed by atoms with Gasteiger partial charge in [-0.2, -0.15) is 5.10 Å². The molecule has 3 rings (SSSR count). The number of hydrogen-bond donors (Lipinski definition) is 1. The van der Waals surface area contributed by atoms with Crippen LogP contribution in [0.5, 0.6) is 5.75 Å². The van der Waals surface area contributed by atoms with Crippen molar-refractivity contribution in [3.05, 3.63) is 42.0 Å². The van der Waals surface area contributed by atoms with Crippen molar-refractivity contribution in [2.24, 2.45) is 0 Å². The minimum Gasteiger partial charge on any atom is -0.491 e. The number of ether oxygens (including phenoxy) is 1. The van der Waals surface area contributed by atoms with Crippen LogP contribution in [-0.4, -0.2) is 56.6 Å². The molecule has 2 heterocycles. The Balaban J connectivity index is 1.52. The Bertz CT molecular complexity index is 639. The first kappa shape index (κ1) is 17.9. The molecule has 0 saturated carbocycles. The molecule has 0 spiro atoms. The van der Waals surface area contributed by atoms with Gasteiger partial charge in [0.2, 0.25) is 0 Å². The molecule has 0 aliphatic carbocycles. The lowest BCUT2D eigenvalue weighted by Crippen LogP contribution is -2.46. The molecule has 1 fully saturated rings. The van der Waals surface area contributed by atoms with E-state index in [9.17, 15) is 5.11 Å². The minimum absolute atomic E-state index is 0.315. The zero-order chi connectivity index (χ0) is 17.6. The van der Waals surface area contributed by atoms with Crippen molar-refractivity contribution < 1.29 is 9.84 Å². The Morgan fingerprint density at radius 1 is 1.24 bits per heavy atom. The highest BCUT2D eigenvalue weighted by molar-refractivity contribution is 5.32. The van der Waals surface area contributed by atoms with Gasteiger partial charge in [0.1, 0.15) is 31.1 Å². The first-order chi connectivity index (χ1) is 12.1. The number of rotatable bonds is 7. The molecule has 1 saturated heterocycles. The monoisotopic (exact) mass is 344 g/mol. The van der Waals surface area contributed by atoms with Gasteiger partial charge < -0.3 is 9.84 Å². The largest absolute Gasteiger partial charge is 0.491 e. The van der Waals surface area contributed by atoms with Crippen molar-refractivity contribution in [1.29, 1.82) is 0 Å². The number of β-amino-alcohol motifs (C(OH)–C–C–N with tert-alkyl or cyclic N) is 1. The SMILES string of the molecule is Cc1cc(C)cc(OC[C@H](O)CN2CCCC[C@H]2Cn2cncn2)c1. The van der Waals surface area contributed by atoms with E-state index in [1.165, 1.54) is 24.0 Å². The van der Waals surface area contributed by atoms with Crippen LogP contribution in [0.3, 0.4) is 0 Å². The van der Waals surface area contributed by atoms with Crippen molar-refractivity contribution in [2.45, 2.75) is 51.8 Å². The molecule has 6 heteroatoms. The molecular formula is C19H28N4O2. The highest BCUT2D eigenvalue weighted by atomic mass is 16.5. The first-order valence-electron chi connectivity index (χ1n) is 9.06. The number of aliphatic hydroxyl groups is 1. The molecule has 1 aromatic heterocycles. The Hall–Kier alpha value is -1.92. The van der Waals surface area contributed by atoms with Crippen LogP contribution in [0.4, 0.5) is 0 Å². The lowest BCUT2D eigenvalue weighted by Gasteiger charge is -2.36. The van der Waals surface area contributed by atoms with Crippen molar-refractivity contribution in [3.8, 4) is 5.75 Å². The molecule has 0 bridgehead atoms. The van der Waals surface area contributed by atoms with E-state index in [2.05, 4.69) is 34.9 Å². The van der Waals surface area contributed by atoms with E-state index in [1.54, 1.807) is 12.7 Å². The Labute approximate surface area is 149 Å². The maximum atomic E-state index is 10.4. The molecular weight excluding hydrogens is 316 g/mol. The summed E-state index contributed by atoms with van der Waals surface area (Å²) >= 11 is 0. The highest BCUT2D eigenvalue weighted by Gasteiger charge is 2.25. The van der Waals surface area contributed by atoms with Gasteiger partial charge in [0.25, 0.3) is 0 Å². The molecule has 2 aromatic rings. The fraction of sp³-hybridized carbons (Fsp3) is 0.579. The van der Waals surface area contributed by atoms with E-state index >= 15 is 0 Å². The second kappa shape index (κ2) is 8.45. The quantitative estimate of drug-likeness (QED) is 0.834. The zero-order valence-electron chi connectivity index (χ0n) is 15.1. The zero-order valence-corrected chi connectivity index (χ0v) is 15.1. The fourth-order valence-electron chi connectivity index (χ4n) is 3.58. The Morgan fingerprint density at radius 3 is 2.76 bits per heavy atom. The molecule has 25 heavy (non-hydrogen) atoms. The minimum atomic E-state index is -0.503. The topological polar surface area (TPSA) is 63.4 Å². The normalized spacial score (nSPS) is 19.7. The van der Waals surface area contributed by atoms with E-state index in [4.69, 9.17) is 4.74 Å². The molecule has 6 nitrogen and oxygen atoms in total. The number of aliphatic hydroxyl groups excluding tert-OH is 1. The van der Waals surface area contributed by atoms with Crippen LogP contribution in [0, 0.1) is 13.8 Å². The number of likely N-dealkylation sites (tertiary alicyclic amines) is 1. The number of benzene rings is 1. The third-order valence-electron chi connectivity index (χ3n) is 4.70. The van der Waals surface area contributed by atoms with E-state index in [0.29, 0.717) is 19.2 Å². The number of nitrogens with zero attached hydrogens (tertiary/aromatic N) is 4. The summed E-state index contributed by atoms with van der Waals surface area (Å²) < 4.78 is 7.68. The molecule has 1 aliphatic heterocycles. The van der Waals surface area contributed by atoms with Gasteiger partial charge in [-0.05, 0) is 56.5 Å². The second-order valence-corrected chi connectivity index (χ2v) is 7.05. The third-order valence-corrected chi connectivity index (χ3v) is 4.70. The van der Waals surface area contributed by atoms with Crippen LogP contribution in [-0.2, 0) is 6.54 Å². The third kappa shape index (κ3) is 5.28. The molecule has 0 radical (unpaired) electrons. The summed E-state index contributed by atoms with van der Waals surface area (Å²) in [7, 11) is 0. The van der Waals surface area contributed by atoms with Crippen LogP contribution in [0.1, 0.15) is 30.4 Å². The van der Waals surface area contributed by atoms with E-state index in [1.807, 2.05) is 16.8 Å². The molecule has 1 N–H and O–H groups in total. The standard InChI is InChI=1S/C19H28N4O2/c1-15-7-16(2)9-19(8-15)25-12-18(24)11-22-6-4-3-5-17(22)10-23-14-20-13-21-23/h7-9,13-14,17-18,24H,3-6,10-12H2,1-2H3/t17-,18+/m0/s1.